The van der Waals surface area contributed by atoms with Gasteiger partial charge in [-0.05, 0) is 0 Å². The molecule has 0 saturated heterocycles. The fourth-order valence-corrected chi connectivity index (χ4v) is 1.06. The molecule has 0 saturated carbocycles. The topological polar surface area (TPSA) is 24.7 Å². The zero-order valence-electron chi connectivity index (χ0n) is 7.09. The maximum absolute atomic E-state index is 5.43. The summed E-state index contributed by atoms with van der Waals surface area (Å²) < 4.78 is 0. The van der Waals surface area contributed by atoms with E-state index in [1.165, 1.54) is 12.8 Å². The molecule has 1 aliphatic rings. The Morgan fingerprint density at radius 3 is 2.55 bits per heavy atom. The Kier molecular flexibility index (Phi) is 2.74. The van der Waals surface area contributed by atoms with Crippen LogP contribution in [0.1, 0.15) is 33.1 Å². The van der Waals surface area contributed by atoms with Crippen molar-refractivity contribution in [2.75, 3.05) is 0 Å². The molecule has 2 nitrogen and oxygen atoms in total. The Balaban J connectivity index is 2.53. The number of aliphatic imine (C=N–C) groups is 2. The fraction of sp³-hybridized carbons (Fsp3) is 0.625. The van der Waals surface area contributed by atoms with E-state index >= 15 is 0 Å². The van der Waals surface area contributed by atoms with Crippen LogP contribution in [0.4, 0.5) is 0 Å². The van der Waals surface area contributed by atoms with E-state index in [1.807, 2.05) is 6.92 Å². The summed E-state index contributed by atoms with van der Waals surface area (Å²) in [5.41, 5.74) is 2.45. The quantitative estimate of drug-likeness (QED) is 0.538. The SMILES string of the molecule is [B]=C1N=C(C)C(CCCC)=N1. The van der Waals surface area contributed by atoms with E-state index < -0.39 is 0 Å². The predicted molar refractivity (Wildman–Crippen MR) is 50.8 cm³/mol. The van der Waals surface area contributed by atoms with Gasteiger partial charge in [-0.2, -0.15) is 0 Å². The van der Waals surface area contributed by atoms with Gasteiger partial charge in [-0.3, -0.25) is 0 Å². The monoisotopic (exact) mass is 147 g/mol. The molecular formula is C8H12BN2. The van der Waals surface area contributed by atoms with Gasteiger partial charge in [0, 0.05) is 0 Å². The number of rotatable bonds is 3. The minimum absolute atomic E-state index is 0.411. The van der Waals surface area contributed by atoms with E-state index in [9.17, 15) is 0 Å². The Hall–Kier alpha value is -0.725. The molecule has 0 bridgehead atoms. The van der Waals surface area contributed by atoms with E-state index in [-0.39, 0.29) is 0 Å². The fourth-order valence-electron chi connectivity index (χ4n) is 1.06. The van der Waals surface area contributed by atoms with E-state index in [0.717, 1.165) is 17.8 Å². The van der Waals surface area contributed by atoms with Crippen molar-refractivity contribution in [2.24, 2.45) is 9.98 Å². The van der Waals surface area contributed by atoms with E-state index in [4.69, 9.17) is 7.49 Å². The van der Waals surface area contributed by atoms with Crippen LogP contribution in [0.25, 0.3) is 0 Å². The molecule has 0 aromatic rings. The second-order valence-electron chi connectivity index (χ2n) is 2.72. The van der Waals surface area contributed by atoms with E-state index in [1.54, 1.807) is 0 Å². The van der Waals surface area contributed by atoms with Crippen molar-refractivity contribution in [3.63, 3.8) is 0 Å². The normalized spacial score (nSPS) is 16.6. The summed E-state index contributed by atoms with van der Waals surface area (Å²) in [7, 11) is 5.43. The number of nitrogens with zero attached hydrogens (tertiary/aromatic N) is 2. The van der Waals surface area contributed by atoms with Crippen LogP contribution < -0.4 is 0 Å². The first-order valence-corrected chi connectivity index (χ1v) is 3.99. The number of hydrogen-bond donors (Lipinski definition) is 0. The molecule has 1 aliphatic heterocycles. The van der Waals surface area contributed by atoms with Crippen molar-refractivity contribution in [1.29, 1.82) is 0 Å². The molecule has 1 radical (unpaired) electrons. The van der Waals surface area contributed by atoms with Crippen molar-refractivity contribution in [3.05, 3.63) is 0 Å². The molecule has 1 rings (SSSR count). The second-order valence-corrected chi connectivity index (χ2v) is 2.72. The summed E-state index contributed by atoms with van der Waals surface area (Å²) in [6.45, 7) is 4.11. The Bertz CT molecular complexity index is 228. The summed E-state index contributed by atoms with van der Waals surface area (Å²) in [5, 5.41) is 0. The Morgan fingerprint density at radius 2 is 2.09 bits per heavy atom. The van der Waals surface area contributed by atoms with Crippen molar-refractivity contribution >= 4 is 24.6 Å². The zero-order chi connectivity index (χ0) is 8.27. The molecule has 0 atom stereocenters. The van der Waals surface area contributed by atoms with Gasteiger partial charge in [-0.15, -0.1) is 0 Å². The van der Waals surface area contributed by atoms with Gasteiger partial charge in [0.2, 0.25) is 0 Å². The van der Waals surface area contributed by atoms with Crippen molar-refractivity contribution < 1.29 is 0 Å². The summed E-state index contributed by atoms with van der Waals surface area (Å²) >= 11 is 0. The molecule has 57 valence electrons. The number of hydrogen-bond acceptors (Lipinski definition) is 2. The van der Waals surface area contributed by atoms with Crippen molar-refractivity contribution in [1.82, 2.24) is 0 Å². The van der Waals surface area contributed by atoms with Crippen LogP contribution in [0.5, 0.6) is 0 Å². The van der Waals surface area contributed by atoms with Gasteiger partial charge in [0.25, 0.3) is 0 Å². The van der Waals surface area contributed by atoms with Gasteiger partial charge >= 0.3 is 67.7 Å². The molecule has 1 heterocycles. The first-order valence-electron chi connectivity index (χ1n) is 3.99. The molecule has 0 aromatic carbocycles. The van der Waals surface area contributed by atoms with Gasteiger partial charge in [-0.25, -0.2) is 0 Å². The Morgan fingerprint density at radius 1 is 1.36 bits per heavy atom. The van der Waals surface area contributed by atoms with Crippen LogP contribution >= 0.6 is 0 Å². The van der Waals surface area contributed by atoms with Crippen LogP contribution in [-0.4, -0.2) is 24.6 Å². The molecule has 3 heteroatoms. The van der Waals surface area contributed by atoms with Crippen LogP contribution in [0.3, 0.4) is 0 Å². The second kappa shape index (κ2) is 3.60. The van der Waals surface area contributed by atoms with Gasteiger partial charge < -0.3 is 0 Å². The van der Waals surface area contributed by atoms with Crippen LogP contribution in [0, 0.1) is 0 Å². The molecule has 0 aromatic heterocycles. The van der Waals surface area contributed by atoms with E-state index in [2.05, 4.69) is 16.9 Å². The van der Waals surface area contributed by atoms with Crippen molar-refractivity contribution in [2.45, 2.75) is 33.1 Å². The summed E-state index contributed by atoms with van der Waals surface area (Å²) in [6, 6.07) is 0. The van der Waals surface area contributed by atoms with Gasteiger partial charge in [0.1, 0.15) is 0 Å². The summed E-state index contributed by atoms with van der Waals surface area (Å²) in [6.07, 6.45) is 3.36. The average molecular weight is 147 g/mol. The predicted octanol–water partition coefficient (Wildman–Crippen LogP) is 1.35. The summed E-state index contributed by atoms with van der Waals surface area (Å²) in [5.74, 6) is 0. The first-order chi connectivity index (χ1) is 5.24. The first kappa shape index (κ1) is 8.37. The molecule has 0 spiro atoms. The molecule has 0 N–H and O–H groups in total. The standard InChI is InChI=1S/C8H12BN2/c1-3-4-5-7-6(2)10-8(9)11-7/h3-5H2,1-2H3. The third-order valence-electron chi connectivity index (χ3n) is 1.72. The molecule has 0 fully saturated rings. The molecular weight excluding hydrogens is 135 g/mol. The van der Waals surface area contributed by atoms with E-state index in [0.29, 0.717) is 5.71 Å². The maximum atomic E-state index is 5.43. The summed E-state index contributed by atoms with van der Waals surface area (Å²) in [4.78, 5) is 8.15. The minimum atomic E-state index is 0.411. The van der Waals surface area contributed by atoms with Gasteiger partial charge in [0.15, 0.2) is 0 Å². The molecule has 11 heavy (non-hydrogen) atoms. The van der Waals surface area contributed by atoms with Crippen LogP contribution in [-0.2, 0) is 0 Å². The van der Waals surface area contributed by atoms with Crippen LogP contribution in [0.15, 0.2) is 9.98 Å². The molecule has 0 unspecified atom stereocenters. The van der Waals surface area contributed by atoms with Crippen molar-refractivity contribution in [3.8, 4) is 0 Å². The number of unbranched alkanes of at least 4 members (excludes halogenated alkanes) is 1. The van der Waals surface area contributed by atoms with Gasteiger partial charge in [-0.1, -0.05) is 0 Å². The molecule has 0 aliphatic carbocycles. The van der Waals surface area contributed by atoms with Gasteiger partial charge in [0.05, 0.1) is 0 Å². The zero-order valence-corrected chi connectivity index (χ0v) is 7.09. The third-order valence-corrected chi connectivity index (χ3v) is 1.72. The Labute approximate surface area is 68.5 Å². The van der Waals surface area contributed by atoms with Crippen LogP contribution in [0.2, 0.25) is 0 Å². The average Bonchev–Trinajstić information content (AvgIpc) is 2.26. The molecule has 0 amide bonds. The third kappa shape index (κ3) is 2.10.